The van der Waals surface area contributed by atoms with E-state index in [4.69, 9.17) is 20.1 Å². The SMILES string of the molecule is O=C(O)C(F)(F)F.O=C(O)c1ccc(C(=O)O)cc1. The van der Waals surface area contributed by atoms with E-state index in [1.165, 1.54) is 24.3 Å². The average Bonchev–Trinajstić information content (AvgIpc) is 2.28. The van der Waals surface area contributed by atoms with Crippen LogP contribution in [-0.2, 0) is 4.79 Å². The number of aromatic carboxylic acids is 2. The molecule has 3 N–H and O–H groups in total. The Bertz CT molecular complexity index is 444. The fourth-order valence-electron chi connectivity index (χ4n) is 0.755. The smallest absolute Gasteiger partial charge is 0.478 e. The molecule has 0 saturated carbocycles. The van der Waals surface area contributed by atoms with Gasteiger partial charge in [0.05, 0.1) is 11.1 Å². The molecule has 0 heterocycles. The molecule has 1 rings (SSSR count). The first-order valence-corrected chi connectivity index (χ1v) is 4.42. The van der Waals surface area contributed by atoms with Gasteiger partial charge in [0, 0.05) is 0 Å². The molecule has 0 aromatic heterocycles. The molecule has 9 heteroatoms. The van der Waals surface area contributed by atoms with Crippen LogP contribution in [0.25, 0.3) is 0 Å². The molecule has 0 fully saturated rings. The van der Waals surface area contributed by atoms with Crippen LogP contribution in [0.5, 0.6) is 0 Å². The van der Waals surface area contributed by atoms with Crippen molar-refractivity contribution in [2.75, 3.05) is 0 Å². The minimum atomic E-state index is -5.08. The number of benzene rings is 1. The predicted octanol–water partition coefficient (Wildman–Crippen LogP) is 1.72. The third-order valence-electron chi connectivity index (χ3n) is 1.62. The van der Waals surface area contributed by atoms with Crippen LogP contribution >= 0.6 is 0 Å². The summed E-state index contributed by atoms with van der Waals surface area (Å²) in [6, 6.07) is 5.02. The monoisotopic (exact) mass is 280 g/mol. The van der Waals surface area contributed by atoms with E-state index in [9.17, 15) is 22.8 Å². The molecule has 19 heavy (non-hydrogen) atoms. The molecule has 0 spiro atoms. The van der Waals surface area contributed by atoms with Gasteiger partial charge in [-0.3, -0.25) is 0 Å². The number of hydrogen-bond donors (Lipinski definition) is 3. The summed E-state index contributed by atoms with van der Waals surface area (Å²) in [4.78, 5) is 29.6. The molecule has 0 aliphatic rings. The first-order valence-electron chi connectivity index (χ1n) is 4.42. The fourth-order valence-corrected chi connectivity index (χ4v) is 0.755. The van der Waals surface area contributed by atoms with Crippen LogP contribution in [0.1, 0.15) is 20.7 Å². The van der Waals surface area contributed by atoms with E-state index in [-0.39, 0.29) is 11.1 Å². The molecular weight excluding hydrogens is 273 g/mol. The van der Waals surface area contributed by atoms with Crippen molar-refractivity contribution in [2.45, 2.75) is 6.18 Å². The normalized spacial score (nSPS) is 10.1. The van der Waals surface area contributed by atoms with Gasteiger partial charge in [-0.2, -0.15) is 13.2 Å². The van der Waals surface area contributed by atoms with Gasteiger partial charge in [-0.05, 0) is 24.3 Å². The van der Waals surface area contributed by atoms with Gasteiger partial charge in [0.25, 0.3) is 0 Å². The zero-order chi connectivity index (χ0) is 15.2. The number of rotatable bonds is 2. The van der Waals surface area contributed by atoms with E-state index in [2.05, 4.69) is 0 Å². The molecule has 1 aromatic carbocycles. The Morgan fingerprint density at radius 3 is 1.11 bits per heavy atom. The van der Waals surface area contributed by atoms with Gasteiger partial charge in [-0.1, -0.05) is 0 Å². The Morgan fingerprint density at radius 1 is 0.789 bits per heavy atom. The van der Waals surface area contributed by atoms with E-state index in [0.717, 1.165) is 0 Å². The van der Waals surface area contributed by atoms with Gasteiger partial charge in [-0.15, -0.1) is 0 Å². The third-order valence-corrected chi connectivity index (χ3v) is 1.62. The average molecular weight is 280 g/mol. The van der Waals surface area contributed by atoms with E-state index in [0.29, 0.717) is 0 Å². The lowest BCUT2D eigenvalue weighted by molar-refractivity contribution is -0.192. The topological polar surface area (TPSA) is 112 Å². The van der Waals surface area contributed by atoms with Gasteiger partial charge >= 0.3 is 24.1 Å². The Hall–Kier alpha value is -2.58. The molecular formula is C10H7F3O6. The summed E-state index contributed by atoms with van der Waals surface area (Å²) >= 11 is 0. The maximum Gasteiger partial charge on any atom is 0.490 e. The van der Waals surface area contributed by atoms with Crippen LogP contribution in [-0.4, -0.2) is 39.4 Å². The third kappa shape index (κ3) is 6.05. The standard InChI is InChI=1S/C8H6O4.C2HF3O2/c9-7(10)5-1-2-6(4-3-5)8(11)12;3-2(4,5)1(6)7/h1-4H,(H,9,10)(H,11,12);(H,6,7). The number of alkyl halides is 3. The fraction of sp³-hybridized carbons (Fsp3) is 0.100. The second-order valence-electron chi connectivity index (χ2n) is 2.99. The van der Waals surface area contributed by atoms with E-state index < -0.39 is 24.1 Å². The van der Waals surface area contributed by atoms with Crippen LogP contribution in [0.15, 0.2) is 24.3 Å². The van der Waals surface area contributed by atoms with Gasteiger partial charge in [0.2, 0.25) is 0 Å². The van der Waals surface area contributed by atoms with Crippen molar-refractivity contribution < 1.29 is 42.9 Å². The van der Waals surface area contributed by atoms with Crippen LogP contribution in [0, 0.1) is 0 Å². The molecule has 0 aliphatic heterocycles. The molecule has 0 aliphatic carbocycles. The van der Waals surface area contributed by atoms with Gasteiger partial charge < -0.3 is 15.3 Å². The number of aliphatic carboxylic acids is 1. The highest BCUT2D eigenvalue weighted by Gasteiger charge is 2.38. The minimum Gasteiger partial charge on any atom is -0.478 e. The van der Waals surface area contributed by atoms with Crippen LogP contribution in [0.4, 0.5) is 13.2 Å². The summed E-state index contributed by atoms with van der Waals surface area (Å²) in [6.07, 6.45) is -5.08. The van der Waals surface area contributed by atoms with Crippen molar-refractivity contribution in [3.8, 4) is 0 Å². The van der Waals surface area contributed by atoms with E-state index in [1.54, 1.807) is 0 Å². The zero-order valence-electron chi connectivity index (χ0n) is 9.01. The second-order valence-corrected chi connectivity index (χ2v) is 2.99. The Morgan fingerprint density at radius 2 is 1.00 bits per heavy atom. The molecule has 1 aromatic rings. The minimum absolute atomic E-state index is 0.0833. The van der Waals surface area contributed by atoms with E-state index in [1.807, 2.05) is 0 Å². The van der Waals surface area contributed by atoms with Crippen molar-refractivity contribution in [1.82, 2.24) is 0 Å². The number of carbonyl (C=O) groups is 3. The quantitative estimate of drug-likeness (QED) is 0.760. The molecule has 104 valence electrons. The van der Waals surface area contributed by atoms with Gasteiger partial charge in [0.15, 0.2) is 0 Å². The molecule has 0 bridgehead atoms. The molecule has 0 unspecified atom stereocenters. The molecule has 0 amide bonds. The van der Waals surface area contributed by atoms with Crippen LogP contribution in [0.2, 0.25) is 0 Å². The van der Waals surface area contributed by atoms with E-state index >= 15 is 0 Å². The summed E-state index contributed by atoms with van der Waals surface area (Å²) in [7, 11) is 0. The lowest BCUT2D eigenvalue weighted by atomic mass is 10.1. The lowest BCUT2D eigenvalue weighted by Crippen LogP contribution is -2.21. The summed E-state index contributed by atoms with van der Waals surface area (Å²) in [5, 5.41) is 24.1. The number of halogens is 3. The highest BCUT2D eigenvalue weighted by atomic mass is 19.4. The van der Waals surface area contributed by atoms with Gasteiger partial charge in [0.1, 0.15) is 0 Å². The van der Waals surface area contributed by atoms with Crippen molar-refractivity contribution in [3.05, 3.63) is 35.4 Å². The largest absolute Gasteiger partial charge is 0.490 e. The zero-order valence-corrected chi connectivity index (χ0v) is 9.01. The summed E-state index contributed by atoms with van der Waals surface area (Å²) in [5.74, 6) is -4.88. The van der Waals surface area contributed by atoms with Crippen molar-refractivity contribution >= 4 is 17.9 Å². The van der Waals surface area contributed by atoms with Crippen molar-refractivity contribution in [1.29, 1.82) is 0 Å². The summed E-state index contributed by atoms with van der Waals surface area (Å²) in [5.41, 5.74) is 0.167. The highest BCUT2D eigenvalue weighted by Crippen LogP contribution is 2.13. The van der Waals surface area contributed by atoms with Crippen LogP contribution in [0.3, 0.4) is 0 Å². The Balaban J connectivity index is 0.000000399. The summed E-state index contributed by atoms with van der Waals surface area (Å²) < 4.78 is 31.7. The predicted molar refractivity (Wildman–Crippen MR) is 54.1 cm³/mol. The van der Waals surface area contributed by atoms with Crippen molar-refractivity contribution in [2.24, 2.45) is 0 Å². The molecule has 0 atom stereocenters. The first-order chi connectivity index (χ1) is 8.55. The molecule has 0 radical (unpaired) electrons. The maximum absolute atomic E-state index is 10.6. The highest BCUT2D eigenvalue weighted by molar-refractivity contribution is 5.91. The second kappa shape index (κ2) is 6.38. The number of hydrogen-bond acceptors (Lipinski definition) is 3. The number of carboxylic acid groups (broad SMARTS) is 3. The number of carboxylic acids is 3. The summed E-state index contributed by atoms with van der Waals surface area (Å²) in [6.45, 7) is 0. The van der Waals surface area contributed by atoms with Crippen LogP contribution < -0.4 is 0 Å². The van der Waals surface area contributed by atoms with Crippen molar-refractivity contribution in [3.63, 3.8) is 0 Å². The Labute approximate surface area is 103 Å². The molecule has 0 saturated heterocycles. The molecule has 6 nitrogen and oxygen atoms in total. The maximum atomic E-state index is 10.6. The first kappa shape index (κ1) is 16.4. The Kier molecular flexibility index (Phi) is 5.51. The van der Waals surface area contributed by atoms with Gasteiger partial charge in [-0.25, -0.2) is 14.4 Å². The lowest BCUT2D eigenvalue weighted by Gasteiger charge is -1.94.